The monoisotopic (exact) mass is 364 g/mol. The number of benzene rings is 4. The molecule has 6 aromatic rings. The molecule has 0 saturated heterocycles. The van der Waals surface area contributed by atoms with Crippen molar-refractivity contribution in [3.8, 4) is 10.6 Å². The molecule has 2 heterocycles. The molecule has 0 atom stereocenters. The van der Waals surface area contributed by atoms with Gasteiger partial charge in [0.05, 0.1) is 4.88 Å². The molecule has 2 aromatic heterocycles. The SMILES string of the molecule is Cc1ccc(-c2cc3ccc4c5cc6ccccc6cc5ccc4c3o2)s1. The van der Waals surface area contributed by atoms with Crippen molar-refractivity contribution >= 4 is 54.6 Å². The van der Waals surface area contributed by atoms with E-state index in [1.807, 2.05) is 0 Å². The lowest BCUT2D eigenvalue weighted by Crippen LogP contribution is -1.80. The molecule has 0 unspecified atom stereocenters. The van der Waals surface area contributed by atoms with Gasteiger partial charge in [-0.3, -0.25) is 0 Å². The van der Waals surface area contributed by atoms with E-state index >= 15 is 0 Å². The van der Waals surface area contributed by atoms with Crippen molar-refractivity contribution in [2.24, 2.45) is 0 Å². The summed E-state index contributed by atoms with van der Waals surface area (Å²) in [6, 6.07) is 28.4. The molecule has 1 nitrogen and oxygen atoms in total. The van der Waals surface area contributed by atoms with Crippen LogP contribution in [-0.4, -0.2) is 0 Å². The Morgan fingerprint density at radius 2 is 1.41 bits per heavy atom. The minimum absolute atomic E-state index is 0.953. The second kappa shape index (κ2) is 5.45. The molecule has 6 rings (SSSR count). The summed E-state index contributed by atoms with van der Waals surface area (Å²) in [4.78, 5) is 2.48. The van der Waals surface area contributed by atoms with E-state index in [1.54, 1.807) is 11.3 Å². The molecule has 0 radical (unpaired) electrons. The molecule has 0 bridgehead atoms. The maximum Gasteiger partial charge on any atom is 0.145 e. The molecule has 0 amide bonds. The Morgan fingerprint density at radius 3 is 2.22 bits per heavy atom. The molecule has 0 saturated carbocycles. The number of rotatable bonds is 1. The number of furan rings is 1. The van der Waals surface area contributed by atoms with Crippen LogP contribution in [0, 0.1) is 6.92 Å². The topological polar surface area (TPSA) is 13.1 Å². The highest BCUT2D eigenvalue weighted by Gasteiger charge is 2.12. The first-order valence-corrected chi connectivity index (χ1v) is 9.92. The summed E-state index contributed by atoms with van der Waals surface area (Å²) in [6.45, 7) is 2.13. The zero-order valence-electron chi connectivity index (χ0n) is 14.8. The first-order valence-electron chi connectivity index (χ1n) is 9.11. The summed E-state index contributed by atoms with van der Waals surface area (Å²) in [6.07, 6.45) is 0. The number of aryl methyl sites for hydroxylation is 1. The van der Waals surface area contributed by atoms with Gasteiger partial charge in [0, 0.05) is 15.6 Å². The normalized spacial score (nSPS) is 11.9. The summed E-state index contributed by atoms with van der Waals surface area (Å²) in [5, 5.41) is 8.66. The van der Waals surface area contributed by atoms with Gasteiger partial charge >= 0.3 is 0 Å². The molecular weight excluding hydrogens is 348 g/mol. The van der Waals surface area contributed by atoms with Crippen molar-refractivity contribution in [3.05, 3.63) is 83.7 Å². The van der Waals surface area contributed by atoms with Gasteiger partial charge in [0.25, 0.3) is 0 Å². The van der Waals surface area contributed by atoms with Crippen molar-refractivity contribution in [3.63, 3.8) is 0 Å². The Hall–Kier alpha value is -3.10. The molecule has 2 heteroatoms. The van der Waals surface area contributed by atoms with E-state index in [0.717, 1.165) is 16.7 Å². The van der Waals surface area contributed by atoms with Gasteiger partial charge in [0.15, 0.2) is 0 Å². The summed E-state index contributed by atoms with van der Waals surface area (Å²) in [7, 11) is 0. The molecular formula is C25H16OS. The van der Waals surface area contributed by atoms with Crippen LogP contribution in [0.1, 0.15) is 4.88 Å². The smallest absolute Gasteiger partial charge is 0.145 e. The van der Waals surface area contributed by atoms with Crippen molar-refractivity contribution in [2.75, 3.05) is 0 Å². The van der Waals surface area contributed by atoms with E-state index < -0.39 is 0 Å². The van der Waals surface area contributed by atoms with Gasteiger partial charge in [0.2, 0.25) is 0 Å². The lowest BCUT2D eigenvalue weighted by Gasteiger charge is -2.07. The molecule has 0 spiro atoms. The molecule has 0 N–H and O–H groups in total. The van der Waals surface area contributed by atoms with Crippen LogP contribution in [0.3, 0.4) is 0 Å². The minimum atomic E-state index is 0.953. The van der Waals surface area contributed by atoms with Gasteiger partial charge in [-0.05, 0) is 70.3 Å². The number of hydrogen-bond donors (Lipinski definition) is 0. The fraction of sp³-hybridized carbons (Fsp3) is 0.0400. The van der Waals surface area contributed by atoms with Crippen LogP contribution in [0.15, 0.2) is 83.3 Å². The van der Waals surface area contributed by atoms with Gasteiger partial charge in [-0.1, -0.05) is 42.5 Å². The predicted octanol–water partition coefficient (Wildman–Crippen LogP) is 7.93. The molecule has 27 heavy (non-hydrogen) atoms. The van der Waals surface area contributed by atoms with Crippen molar-refractivity contribution in [1.82, 2.24) is 0 Å². The minimum Gasteiger partial charge on any atom is -0.455 e. The van der Waals surface area contributed by atoms with Crippen LogP contribution in [-0.2, 0) is 0 Å². The van der Waals surface area contributed by atoms with Gasteiger partial charge in [-0.2, -0.15) is 0 Å². The Bertz CT molecular complexity index is 1480. The standard InChI is InChI=1S/C25H16OS/c1-15-6-11-24(27-15)23-14-19-8-9-20-21(25(19)26-23)10-7-18-12-16-4-2-3-5-17(16)13-22(18)20/h2-14H,1H3. The highest BCUT2D eigenvalue weighted by atomic mass is 32.1. The molecule has 128 valence electrons. The van der Waals surface area contributed by atoms with Gasteiger partial charge < -0.3 is 4.42 Å². The fourth-order valence-electron chi connectivity index (χ4n) is 4.02. The van der Waals surface area contributed by atoms with Crippen LogP contribution >= 0.6 is 11.3 Å². The lowest BCUT2D eigenvalue weighted by molar-refractivity contribution is 0.636. The number of hydrogen-bond acceptors (Lipinski definition) is 2. The third kappa shape index (κ3) is 2.23. The largest absolute Gasteiger partial charge is 0.455 e. The van der Waals surface area contributed by atoms with E-state index in [2.05, 4.69) is 85.8 Å². The number of thiophene rings is 1. The summed E-state index contributed by atoms with van der Waals surface area (Å²) >= 11 is 1.77. The van der Waals surface area contributed by atoms with E-state index in [9.17, 15) is 0 Å². The van der Waals surface area contributed by atoms with E-state index in [0.29, 0.717) is 0 Å². The first kappa shape index (κ1) is 15.0. The second-order valence-corrected chi connectivity index (χ2v) is 8.37. The second-order valence-electron chi connectivity index (χ2n) is 7.09. The zero-order chi connectivity index (χ0) is 18.0. The summed E-state index contributed by atoms with van der Waals surface area (Å²) in [5.74, 6) is 0.953. The van der Waals surface area contributed by atoms with E-state index in [1.165, 1.54) is 42.1 Å². The van der Waals surface area contributed by atoms with Crippen LogP contribution in [0.2, 0.25) is 0 Å². The first-order chi connectivity index (χ1) is 13.3. The maximum atomic E-state index is 6.33. The third-order valence-corrected chi connectivity index (χ3v) is 6.36. The van der Waals surface area contributed by atoms with Crippen molar-refractivity contribution in [1.29, 1.82) is 0 Å². The summed E-state index contributed by atoms with van der Waals surface area (Å²) in [5.41, 5.74) is 0.976. The highest BCUT2D eigenvalue weighted by Crippen LogP contribution is 2.38. The third-order valence-electron chi connectivity index (χ3n) is 5.35. The average Bonchev–Trinajstić information content (AvgIpc) is 3.32. The molecule has 0 aliphatic heterocycles. The molecule has 0 aliphatic carbocycles. The Balaban J connectivity index is 1.68. The molecule has 4 aromatic carbocycles. The van der Waals surface area contributed by atoms with Crippen LogP contribution < -0.4 is 0 Å². The zero-order valence-corrected chi connectivity index (χ0v) is 15.6. The molecule has 0 aliphatic rings. The fourth-order valence-corrected chi connectivity index (χ4v) is 4.84. The molecule has 0 fully saturated rings. The van der Waals surface area contributed by atoms with Crippen LogP contribution in [0.5, 0.6) is 0 Å². The Kier molecular flexibility index (Phi) is 3.03. The van der Waals surface area contributed by atoms with E-state index in [-0.39, 0.29) is 0 Å². The highest BCUT2D eigenvalue weighted by molar-refractivity contribution is 7.15. The van der Waals surface area contributed by atoms with Gasteiger partial charge in [-0.15, -0.1) is 11.3 Å². The van der Waals surface area contributed by atoms with Crippen molar-refractivity contribution < 1.29 is 4.42 Å². The van der Waals surface area contributed by atoms with Crippen molar-refractivity contribution in [2.45, 2.75) is 6.92 Å². The lowest BCUT2D eigenvalue weighted by atomic mass is 9.97. The average molecular weight is 364 g/mol. The quantitative estimate of drug-likeness (QED) is 0.213. The number of fused-ring (bicyclic) bond motifs is 6. The van der Waals surface area contributed by atoms with Crippen LogP contribution in [0.25, 0.3) is 53.9 Å². The van der Waals surface area contributed by atoms with E-state index in [4.69, 9.17) is 4.42 Å². The predicted molar refractivity (Wildman–Crippen MR) is 117 cm³/mol. The van der Waals surface area contributed by atoms with Crippen LogP contribution in [0.4, 0.5) is 0 Å². The Labute approximate surface area is 160 Å². The van der Waals surface area contributed by atoms with Gasteiger partial charge in [0.1, 0.15) is 11.3 Å². The maximum absolute atomic E-state index is 6.33. The van der Waals surface area contributed by atoms with Gasteiger partial charge in [-0.25, -0.2) is 0 Å². The Morgan fingerprint density at radius 1 is 0.630 bits per heavy atom. The summed E-state index contributed by atoms with van der Waals surface area (Å²) < 4.78 is 6.33.